The van der Waals surface area contributed by atoms with Crippen molar-refractivity contribution in [3.63, 3.8) is 0 Å². The molecule has 1 aromatic heterocycles. The molecule has 2 amide bonds. The smallest absolute Gasteiger partial charge is 0.256 e. The van der Waals surface area contributed by atoms with E-state index in [4.69, 9.17) is 4.74 Å². The van der Waals surface area contributed by atoms with Gasteiger partial charge in [-0.1, -0.05) is 25.1 Å². The van der Waals surface area contributed by atoms with Crippen LogP contribution in [0.3, 0.4) is 0 Å². The van der Waals surface area contributed by atoms with Crippen molar-refractivity contribution in [3.05, 3.63) is 51.9 Å². The van der Waals surface area contributed by atoms with Crippen LogP contribution in [0.5, 0.6) is 0 Å². The Morgan fingerprint density at radius 1 is 1.17 bits per heavy atom. The van der Waals surface area contributed by atoms with Gasteiger partial charge in [-0.15, -0.1) is 11.3 Å². The van der Waals surface area contributed by atoms with Gasteiger partial charge in [0.1, 0.15) is 5.00 Å². The zero-order chi connectivity index (χ0) is 20.9. The number of thiophene rings is 1. The van der Waals surface area contributed by atoms with E-state index in [1.54, 1.807) is 23.5 Å². The number of rotatable bonds is 6. The number of fused-ring (bicyclic) bond motifs is 1. The van der Waals surface area contributed by atoms with E-state index < -0.39 is 0 Å². The fraction of sp³-hybridized carbons (Fsp3) is 0.478. The highest BCUT2D eigenvalue weighted by Gasteiger charge is 2.28. The monoisotopic (exact) mass is 427 g/mol. The molecule has 160 valence electrons. The molecule has 7 heteroatoms. The summed E-state index contributed by atoms with van der Waals surface area (Å²) >= 11 is 1.56. The molecule has 0 radical (unpaired) electrons. The van der Waals surface area contributed by atoms with Gasteiger partial charge in [-0.2, -0.15) is 0 Å². The molecule has 2 heterocycles. The number of amides is 2. The van der Waals surface area contributed by atoms with E-state index in [9.17, 15) is 9.59 Å². The normalized spacial score (nSPS) is 19.2. The molecule has 1 fully saturated rings. The third-order valence-electron chi connectivity index (χ3n) is 5.82. The van der Waals surface area contributed by atoms with Crippen LogP contribution >= 0.6 is 11.3 Å². The van der Waals surface area contributed by atoms with E-state index in [0.717, 1.165) is 57.7 Å². The summed E-state index contributed by atoms with van der Waals surface area (Å²) in [7, 11) is 0. The summed E-state index contributed by atoms with van der Waals surface area (Å²) in [6.07, 6.45) is 2.93. The van der Waals surface area contributed by atoms with Gasteiger partial charge in [-0.25, -0.2) is 0 Å². The standard InChI is InChI=1S/C23H29N3O3S/c1-16-7-8-18-19(15-16)30-23(25-21(27)17-5-3-2-4-6-17)20(18)22(28)24-9-10-26-11-13-29-14-12-26/h2-6,16H,7-15H2,1H3,(H,24,28)(H,25,27)/t16-/m0/s1. The number of nitrogens with zero attached hydrogens (tertiary/aromatic N) is 1. The summed E-state index contributed by atoms with van der Waals surface area (Å²) < 4.78 is 5.38. The SMILES string of the molecule is C[C@H]1CCc2c(sc(NC(=O)c3ccccc3)c2C(=O)NCCN2CCOCC2)C1. The Morgan fingerprint density at radius 3 is 2.70 bits per heavy atom. The fourth-order valence-corrected chi connectivity index (χ4v) is 5.49. The minimum atomic E-state index is -0.176. The Bertz CT molecular complexity index is 891. The topological polar surface area (TPSA) is 70.7 Å². The molecule has 1 aliphatic heterocycles. The number of carbonyl (C=O) groups is 2. The van der Waals surface area contributed by atoms with Crippen LogP contribution in [0.4, 0.5) is 5.00 Å². The minimum absolute atomic E-state index is 0.0846. The highest BCUT2D eigenvalue weighted by molar-refractivity contribution is 7.17. The Morgan fingerprint density at radius 2 is 1.93 bits per heavy atom. The number of hydrogen-bond donors (Lipinski definition) is 2. The molecular weight excluding hydrogens is 398 g/mol. The van der Waals surface area contributed by atoms with Crippen LogP contribution in [-0.4, -0.2) is 56.1 Å². The van der Waals surface area contributed by atoms with Crippen LogP contribution in [0, 0.1) is 5.92 Å². The summed E-state index contributed by atoms with van der Waals surface area (Å²) in [5.74, 6) is 0.342. The summed E-state index contributed by atoms with van der Waals surface area (Å²) in [6, 6.07) is 9.14. The number of anilines is 1. The maximum atomic E-state index is 13.1. The summed E-state index contributed by atoms with van der Waals surface area (Å²) in [6.45, 7) is 6.95. The first-order valence-electron chi connectivity index (χ1n) is 10.7. The molecule has 1 aromatic carbocycles. The molecule has 1 atom stereocenters. The van der Waals surface area contributed by atoms with E-state index in [2.05, 4.69) is 22.5 Å². The van der Waals surface area contributed by atoms with Gasteiger partial charge in [0.25, 0.3) is 11.8 Å². The number of morpholine rings is 1. The summed E-state index contributed by atoms with van der Waals surface area (Å²) in [4.78, 5) is 29.4. The second kappa shape index (κ2) is 9.73. The first-order chi connectivity index (χ1) is 14.6. The first kappa shape index (κ1) is 21.0. The largest absolute Gasteiger partial charge is 0.379 e. The summed E-state index contributed by atoms with van der Waals surface area (Å²) in [5.41, 5.74) is 2.37. The Labute approximate surface area is 181 Å². The van der Waals surface area contributed by atoms with Crippen molar-refractivity contribution in [1.29, 1.82) is 0 Å². The molecule has 2 aromatic rings. The fourth-order valence-electron chi connectivity index (χ4n) is 4.08. The van der Waals surface area contributed by atoms with Gasteiger partial charge in [0.2, 0.25) is 0 Å². The lowest BCUT2D eigenvalue weighted by atomic mass is 9.88. The Hall–Kier alpha value is -2.22. The van der Waals surface area contributed by atoms with E-state index >= 15 is 0 Å². The van der Waals surface area contributed by atoms with Crippen molar-refractivity contribution < 1.29 is 14.3 Å². The molecule has 30 heavy (non-hydrogen) atoms. The predicted octanol–water partition coefficient (Wildman–Crippen LogP) is 3.19. The van der Waals surface area contributed by atoms with Gasteiger partial charge in [-0.3, -0.25) is 14.5 Å². The maximum absolute atomic E-state index is 13.1. The molecule has 1 saturated heterocycles. The van der Waals surface area contributed by atoms with Gasteiger partial charge in [-0.05, 0) is 42.9 Å². The average molecular weight is 428 g/mol. The number of nitrogens with one attached hydrogen (secondary N) is 2. The van der Waals surface area contributed by atoms with Crippen LogP contribution in [0.2, 0.25) is 0 Å². The van der Waals surface area contributed by atoms with Gasteiger partial charge in [0.05, 0.1) is 18.8 Å². The zero-order valence-corrected chi connectivity index (χ0v) is 18.2. The lowest BCUT2D eigenvalue weighted by Crippen LogP contribution is -2.41. The lowest BCUT2D eigenvalue weighted by Gasteiger charge is -2.26. The molecule has 1 aliphatic carbocycles. The molecule has 0 saturated carbocycles. The zero-order valence-electron chi connectivity index (χ0n) is 17.4. The van der Waals surface area contributed by atoms with Crippen molar-refractivity contribution in [2.75, 3.05) is 44.7 Å². The van der Waals surface area contributed by atoms with Gasteiger partial charge < -0.3 is 15.4 Å². The van der Waals surface area contributed by atoms with Gasteiger partial charge >= 0.3 is 0 Å². The second-order valence-electron chi connectivity index (χ2n) is 8.09. The third kappa shape index (κ3) is 4.91. The van der Waals surface area contributed by atoms with Crippen molar-refractivity contribution in [2.24, 2.45) is 5.92 Å². The van der Waals surface area contributed by atoms with Crippen LogP contribution < -0.4 is 10.6 Å². The average Bonchev–Trinajstić information content (AvgIpc) is 3.11. The first-order valence-corrected chi connectivity index (χ1v) is 11.5. The highest BCUT2D eigenvalue weighted by atomic mass is 32.1. The molecule has 0 unspecified atom stereocenters. The molecule has 2 N–H and O–H groups in total. The third-order valence-corrected chi connectivity index (χ3v) is 6.99. The number of benzene rings is 1. The Kier molecular flexibility index (Phi) is 6.82. The van der Waals surface area contributed by atoms with E-state index in [1.165, 1.54) is 4.88 Å². The van der Waals surface area contributed by atoms with Crippen LogP contribution in [0.15, 0.2) is 30.3 Å². The number of hydrogen-bond acceptors (Lipinski definition) is 5. The molecular formula is C23H29N3O3S. The van der Waals surface area contributed by atoms with Gasteiger partial charge in [0, 0.05) is 36.6 Å². The van der Waals surface area contributed by atoms with Crippen molar-refractivity contribution in [3.8, 4) is 0 Å². The Balaban J connectivity index is 1.49. The van der Waals surface area contributed by atoms with Crippen LogP contribution in [0.1, 0.15) is 44.5 Å². The predicted molar refractivity (Wildman–Crippen MR) is 119 cm³/mol. The minimum Gasteiger partial charge on any atom is -0.379 e. The molecule has 4 rings (SSSR count). The lowest BCUT2D eigenvalue weighted by molar-refractivity contribution is 0.0383. The molecule has 6 nitrogen and oxygen atoms in total. The van der Waals surface area contributed by atoms with Crippen molar-refractivity contribution in [2.45, 2.75) is 26.2 Å². The maximum Gasteiger partial charge on any atom is 0.256 e. The molecule has 0 bridgehead atoms. The van der Waals surface area contributed by atoms with Crippen molar-refractivity contribution >= 4 is 28.2 Å². The van der Waals surface area contributed by atoms with Gasteiger partial charge in [0.15, 0.2) is 0 Å². The molecule has 0 spiro atoms. The van der Waals surface area contributed by atoms with E-state index in [-0.39, 0.29) is 11.8 Å². The number of carbonyl (C=O) groups excluding carboxylic acids is 2. The van der Waals surface area contributed by atoms with Crippen LogP contribution in [0.25, 0.3) is 0 Å². The number of ether oxygens (including phenoxy) is 1. The molecule has 2 aliphatic rings. The second-order valence-corrected chi connectivity index (χ2v) is 9.19. The van der Waals surface area contributed by atoms with Crippen LogP contribution in [-0.2, 0) is 17.6 Å². The van der Waals surface area contributed by atoms with E-state index in [0.29, 0.717) is 28.6 Å². The van der Waals surface area contributed by atoms with E-state index in [1.807, 2.05) is 18.2 Å². The quantitative estimate of drug-likeness (QED) is 0.743. The van der Waals surface area contributed by atoms with Crippen molar-refractivity contribution in [1.82, 2.24) is 10.2 Å². The summed E-state index contributed by atoms with van der Waals surface area (Å²) in [5, 5.41) is 6.77. The highest BCUT2D eigenvalue weighted by Crippen LogP contribution is 2.39.